The summed E-state index contributed by atoms with van der Waals surface area (Å²) in [5.41, 5.74) is 0.238. The van der Waals surface area contributed by atoms with Crippen molar-refractivity contribution in [3.05, 3.63) is 12.7 Å². The van der Waals surface area contributed by atoms with Gasteiger partial charge in [-0.2, -0.15) is 0 Å². The Balaban J connectivity index is 1.92. The van der Waals surface area contributed by atoms with E-state index in [9.17, 15) is 0 Å². The lowest BCUT2D eigenvalue weighted by molar-refractivity contribution is -0.228. The van der Waals surface area contributed by atoms with E-state index in [0.29, 0.717) is 0 Å². The molecule has 1 fully saturated rings. The fourth-order valence-electron chi connectivity index (χ4n) is 2.36. The van der Waals surface area contributed by atoms with Crippen LogP contribution in [0.15, 0.2) is 12.7 Å². The van der Waals surface area contributed by atoms with Crippen LogP contribution in [0.4, 0.5) is 0 Å². The molecule has 0 aliphatic carbocycles. The molecule has 0 bridgehead atoms. The third kappa shape index (κ3) is 7.12. The van der Waals surface area contributed by atoms with Crippen LogP contribution in [-0.4, -0.2) is 19.5 Å². The van der Waals surface area contributed by atoms with Crippen molar-refractivity contribution < 1.29 is 9.47 Å². The van der Waals surface area contributed by atoms with Crippen LogP contribution >= 0.6 is 0 Å². The highest BCUT2D eigenvalue weighted by Gasteiger charge is 2.30. The molecule has 112 valence electrons. The SMILES string of the molecule is C=CCCCCCCCCC1OCC(C)(CC)CO1. The van der Waals surface area contributed by atoms with Crippen molar-refractivity contribution in [2.75, 3.05) is 13.2 Å². The Morgan fingerprint density at radius 2 is 1.63 bits per heavy atom. The van der Waals surface area contributed by atoms with Crippen LogP contribution in [0.2, 0.25) is 0 Å². The van der Waals surface area contributed by atoms with E-state index in [1.54, 1.807) is 0 Å². The predicted molar refractivity (Wildman–Crippen MR) is 81.2 cm³/mol. The molecule has 0 N–H and O–H groups in total. The van der Waals surface area contributed by atoms with Crippen LogP contribution in [0, 0.1) is 5.41 Å². The highest BCUT2D eigenvalue weighted by molar-refractivity contribution is 4.75. The largest absolute Gasteiger partial charge is 0.352 e. The summed E-state index contributed by atoms with van der Waals surface area (Å²) in [4.78, 5) is 0. The van der Waals surface area contributed by atoms with E-state index in [-0.39, 0.29) is 11.7 Å². The van der Waals surface area contributed by atoms with E-state index in [4.69, 9.17) is 9.47 Å². The van der Waals surface area contributed by atoms with E-state index < -0.39 is 0 Å². The average Bonchev–Trinajstić information content (AvgIpc) is 2.44. The molecule has 1 saturated heterocycles. The van der Waals surface area contributed by atoms with Crippen molar-refractivity contribution in [2.45, 2.75) is 77.9 Å². The molecule has 0 aromatic rings. The zero-order valence-electron chi connectivity index (χ0n) is 13.0. The second-order valence-corrected chi connectivity index (χ2v) is 6.20. The van der Waals surface area contributed by atoms with Gasteiger partial charge in [0.05, 0.1) is 13.2 Å². The molecule has 0 atom stereocenters. The Morgan fingerprint density at radius 3 is 2.21 bits per heavy atom. The van der Waals surface area contributed by atoms with E-state index in [1.165, 1.54) is 44.9 Å². The van der Waals surface area contributed by atoms with Gasteiger partial charge in [-0.05, 0) is 32.1 Å². The second-order valence-electron chi connectivity index (χ2n) is 6.20. The standard InChI is InChI=1S/C17H32O2/c1-4-6-7-8-9-10-11-12-13-16-18-14-17(3,5-2)15-19-16/h4,16H,1,5-15H2,2-3H3. The van der Waals surface area contributed by atoms with E-state index in [0.717, 1.165) is 26.1 Å². The minimum atomic E-state index is 0.0559. The van der Waals surface area contributed by atoms with Gasteiger partial charge in [-0.3, -0.25) is 0 Å². The van der Waals surface area contributed by atoms with Gasteiger partial charge < -0.3 is 9.47 Å². The first-order valence-corrected chi connectivity index (χ1v) is 8.04. The Labute approximate surface area is 119 Å². The minimum absolute atomic E-state index is 0.0559. The van der Waals surface area contributed by atoms with Crippen molar-refractivity contribution >= 4 is 0 Å². The van der Waals surface area contributed by atoms with Crippen molar-refractivity contribution in [1.82, 2.24) is 0 Å². The van der Waals surface area contributed by atoms with Crippen LogP contribution in [0.5, 0.6) is 0 Å². The number of hydrogen-bond donors (Lipinski definition) is 0. The Hall–Kier alpha value is -0.340. The molecule has 0 unspecified atom stereocenters. The molecule has 1 rings (SSSR count). The highest BCUT2D eigenvalue weighted by atomic mass is 16.7. The van der Waals surface area contributed by atoms with Gasteiger partial charge in [-0.15, -0.1) is 6.58 Å². The third-order valence-electron chi connectivity index (χ3n) is 4.19. The van der Waals surface area contributed by atoms with Gasteiger partial charge in [-0.25, -0.2) is 0 Å². The van der Waals surface area contributed by atoms with Crippen LogP contribution in [0.3, 0.4) is 0 Å². The summed E-state index contributed by atoms with van der Waals surface area (Å²) >= 11 is 0. The molecule has 0 aromatic heterocycles. The minimum Gasteiger partial charge on any atom is -0.352 e. The van der Waals surface area contributed by atoms with Gasteiger partial charge in [-0.1, -0.05) is 45.6 Å². The number of rotatable bonds is 10. The molecule has 0 saturated carbocycles. The molecular weight excluding hydrogens is 236 g/mol. The zero-order valence-corrected chi connectivity index (χ0v) is 13.0. The van der Waals surface area contributed by atoms with Gasteiger partial charge in [0, 0.05) is 5.41 Å². The summed E-state index contributed by atoms with van der Waals surface area (Å²) in [6.07, 6.45) is 13.3. The van der Waals surface area contributed by atoms with Gasteiger partial charge in [0.2, 0.25) is 0 Å². The maximum absolute atomic E-state index is 5.81. The normalized spacial score (nSPS) is 27.4. The number of hydrogen-bond acceptors (Lipinski definition) is 2. The summed E-state index contributed by atoms with van der Waals surface area (Å²) in [7, 11) is 0. The first-order chi connectivity index (χ1) is 9.20. The van der Waals surface area contributed by atoms with Crippen LogP contribution < -0.4 is 0 Å². The Morgan fingerprint density at radius 1 is 1.05 bits per heavy atom. The van der Waals surface area contributed by atoms with Crippen LogP contribution in [0.25, 0.3) is 0 Å². The van der Waals surface area contributed by atoms with Gasteiger partial charge in [0.1, 0.15) is 0 Å². The summed E-state index contributed by atoms with van der Waals surface area (Å²) in [6.45, 7) is 9.91. The maximum atomic E-state index is 5.81. The molecule has 1 aliphatic rings. The van der Waals surface area contributed by atoms with Gasteiger partial charge in [0.15, 0.2) is 6.29 Å². The Bertz CT molecular complexity index is 229. The van der Waals surface area contributed by atoms with E-state index in [1.807, 2.05) is 6.08 Å². The molecule has 0 spiro atoms. The highest BCUT2D eigenvalue weighted by Crippen LogP contribution is 2.28. The van der Waals surface area contributed by atoms with Gasteiger partial charge >= 0.3 is 0 Å². The fourth-order valence-corrected chi connectivity index (χ4v) is 2.36. The summed E-state index contributed by atoms with van der Waals surface area (Å²) in [6, 6.07) is 0. The first kappa shape index (κ1) is 16.7. The lowest BCUT2D eigenvalue weighted by Crippen LogP contribution is -2.39. The van der Waals surface area contributed by atoms with Crippen LogP contribution in [-0.2, 0) is 9.47 Å². The average molecular weight is 268 g/mol. The quantitative estimate of drug-likeness (QED) is 0.406. The number of ether oxygens (including phenoxy) is 2. The predicted octanol–water partition coefficient (Wildman–Crippen LogP) is 5.08. The van der Waals surface area contributed by atoms with E-state index in [2.05, 4.69) is 20.4 Å². The number of unbranched alkanes of at least 4 members (excludes halogenated alkanes) is 6. The molecule has 0 radical (unpaired) electrons. The van der Waals surface area contributed by atoms with Gasteiger partial charge in [0.25, 0.3) is 0 Å². The first-order valence-electron chi connectivity index (χ1n) is 8.04. The van der Waals surface area contributed by atoms with Crippen molar-refractivity contribution in [3.8, 4) is 0 Å². The third-order valence-corrected chi connectivity index (χ3v) is 4.19. The topological polar surface area (TPSA) is 18.5 Å². The number of allylic oxidation sites excluding steroid dienone is 1. The lowest BCUT2D eigenvalue weighted by Gasteiger charge is -2.36. The molecule has 1 heterocycles. The molecule has 2 heteroatoms. The summed E-state index contributed by atoms with van der Waals surface area (Å²) in [5.74, 6) is 0. The van der Waals surface area contributed by atoms with Crippen molar-refractivity contribution in [3.63, 3.8) is 0 Å². The fraction of sp³-hybridized carbons (Fsp3) is 0.882. The molecule has 0 amide bonds. The van der Waals surface area contributed by atoms with Crippen molar-refractivity contribution in [1.29, 1.82) is 0 Å². The van der Waals surface area contributed by atoms with E-state index >= 15 is 0 Å². The molecular formula is C17H32O2. The molecule has 2 nitrogen and oxygen atoms in total. The maximum Gasteiger partial charge on any atom is 0.157 e. The molecule has 0 aromatic carbocycles. The van der Waals surface area contributed by atoms with Crippen molar-refractivity contribution in [2.24, 2.45) is 5.41 Å². The second kappa shape index (κ2) is 9.55. The summed E-state index contributed by atoms with van der Waals surface area (Å²) in [5, 5.41) is 0. The monoisotopic (exact) mass is 268 g/mol. The molecule has 1 aliphatic heterocycles. The Kier molecular flexibility index (Phi) is 8.40. The summed E-state index contributed by atoms with van der Waals surface area (Å²) < 4.78 is 11.6. The van der Waals surface area contributed by atoms with Crippen LogP contribution in [0.1, 0.15) is 71.6 Å². The lowest BCUT2D eigenvalue weighted by atomic mass is 9.89. The smallest absolute Gasteiger partial charge is 0.157 e. The zero-order chi connectivity index (χ0) is 14.0. The molecule has 19 heavy (non-hydrogen) atoms.